The minimum absolute atomic E-state index is 0.250. The average molecular weight is 283 g/mol. The van der Waals surface area contributed by atoms with Crippen molar-refractivity contribution in [1.82, 2.24) is 19.8 Å². The lowest BCUT2D eigenvalue weighted by molar-refractivity contribution is -0.0438. The first-order valence-electron chi connectivity index (χ1n) is 6.32. The zero-order valence-electron chi connectivity index (χ0n) is 10.4. The zero-order chi connectivity index (χ0) is 13.4. The van der Waals surface area contributed by atoms with Gasteiger partial charge in [-0.1, -0.05) is 0 Å². The molecular weight excluding hydrogens is 268 g/mol. The van der Waals surface area contributed by atoms with Gasteiger partial charge >= 0.3 is 6.09 Å². The molecule has 2 fully saturated rings. The van der Waals surface area contributed by atoms with E-state index >= 15 is 0 Å². The summed E-state index contributed by atoms with van der Waals surface area (Å²) in [7, 11) is 0. The van der Waals surface area contributed by atoms with Gasteiger partial charge in [0.25, 0.3) is 0 Å². The molecule has 3 rings (SSSR count). The minimum Gasteiger partial charge on any atom is -0.465 e. The molecule has 6 nitrogen and oxygen atoms in total. The predicted molar refractivity (Wildman–Crippen MR) is 68.9 cm³/mol. The third-order valence-electron chi connectivity index (χ3n) is 3.99. The molecule has 2 aliphatic heterocycles. The summed E-state index contributed by atoms with van der Waals surface area (Å²) in [5.41, 5.74) is 1.01. The molecule has 0 aliphatic carbocycles. The second-order valence-corrected chi connectivity index (χ2v) is 5.47. The number of aromatic nitrogens is 2. The molecule has 2 saturated heterocycles. The number of hydrogen-bond donors (Lipinski definition) is 1. The van der Waals surface area contributed by atoms with Gasteiger partial charge in [0.05, 0.1) is 0 Å². The first kappa shape index (κ1) is 12.6. The monoisotopic (exact) mass is 282 g/mol. The van der Waals surface area contributed by atoms with Crippen LogP contribution in [0.5, 0.6) is 0 Å². The van der Waals surface area contributed by atoms with Crippen LogP contribution in [0.4, 0.5) is 4.79 Å². The molecule has 1 aromatic rings. The molecule has 0 aromatic carbocycles. The van der Waals surface area contributed by atoms with Gasteiger partial charge < -0.3 is 10.0 Å². The zero-order valence-corrected chi connectivity index (χ0v) is 11.1. The predicted octanol–water partition coefficient (Wildman–Crippen LogP) is 1.31. The molecule has 1 amide bonds. The smallest absolute Gasteiger partial charge is 0.407 e. The van der Waals surface area contributed by atoms with Crippen molar-refractivity contribution >= 4 is 17.7 Å². The molecule has 0 spiro atoms. The normalized spacial score (nSPS) is 26.7. The SMILES string of the molecule is O=C(O)N1CC[C@@H]2CN(Cc3cnc(Cl)nc3)[C@@H]2C1. The second kappa shape index (κ2) is 4.94. The first-order chi connectivity index (χ1) is 9.13. The lowest BCUT2D eigenvalue weighted by atomic mass is 9.82. The summed E-state index contributed by atoms with van der Waals surface area (Å²) in [6.45, 7) is 3.05. The first-order valence-corrected chi connectivity index (χ1v) is 6.69. The number of piperidine rings is 1. The molecule has 0 bridgehead atoms. The van der Waals surface area contributed by atoms with Crippen molar-refractivity contribution in [2.24, 2.45) is 5.92 Å². The Kier molecular flexibility index (Phi) is 3.28. The highest BCUT2D eigenvalue weighted by atomic mass is 35.5. The summed E-state index contributed by atoms with van der Waals surface area (Å²) < 4.78 is 0. The van der Waals surface area contributed by atoms with E-state index < -0.39 is 6.09 Å². The number of carbonyl (C=O) groups is 1. The van der Waals surface area contributed by atoms with Crippen LogP contribution >= 0.6 is 11.6 Å². The molecule has 3 heterocycles. The van der Waals surface area contributed by atoms with Gasteiger partial charge in [-0.25, -0.2) is 14.8 Å². The van der Waals surface area contributed by atoms with Gasteiger partial charge in [-0.15, -0.1) is 0 Å². The summed E-state index contributed by atoms with van der Waals surface area (Å²) in [6.07, 6.45) is 3.59. The van der Waals surface area contributed by atoms with Crippen LogP contribution in [0.2, 0.25) is 5.28 Å². The van der Waals surface area contributed by atoms with Crippen molar-refractivity contribution in [3.05, 3.63) is 23.2 Å². The van der Waals surface area contributed by atoms with Gasteiger partial charge in [-0.3, -0.25) is 4.90 Å². The highest BCUT2D eigenvalue weighted by Gasteiger charge is 2.43. The standard InChI is InChI=1S/C12H15ClN4O2/c13-11-14-3-8(4-15-11)5-17-6-9-1-2-16(12(18)19)7-10(9)17/h3-4,9-10H,1-2,5-7H2,(H,18,19)/t9-,10-/m1/s1. The van der Waals surface area contributed by atoms with Crippen LogP contribution in [-0.4, -0.2) is 56.6 Å². The molecule has 19 heavy (non-hydrogen) atoms. The van der Waals surface area contributed by atoms with Crippen LogP contribution in [0, 0.1) is 5.92 Å². The maximum atomic E-state index is 11.0. The lowest BCUT2D eigenvalue weighted by Gasteiger charge is -2.53. The Morgan fingerprint density at radius 3 is 2.84 bits per heavy atom. The van der Waals surface area contributed by atoms with Gasteiger partial charge in [0.15, 0.2) is 0 Å². The largest absolute Gasteiger partial charge is 0.465 e. The van der Waals surface area contributed by atoms with Gasteiger partial charge in [0.1, 0.15) is 0 Å². The van der Waals surface area contributed by atoms with Crippen LogP contribution < -0.4 is 0 Å². The summed E-state index contributed by atoms with van der Waals surface area (Å²) in [5, 5.41) is 9.30. The van der Waals surface area contributed by atoms with E-state index in [1.54, 1.807) is 12.4 Å². The lowest BCUT2D eigenvalue weighted by Crippen LogP contribution is -2.64. The molecule has 7 heteroatoms. The van der Waals surface area contributed by atoms with Crippen molar-refractivity contribution in [2.45, 2.75) is 19.0 Å². The fourth-order valence-corrected chi connectivity index (χ4v) is 3.01. The number of rotatable bonds is 2. The van der Waals surface area contributed by atoms with Crippen molar-refractivity contribution in [2.75, 3.05) is 19.6 Å². The van der Waals surface area contributed by atoms with Crippen LogP contribution in [0.3, 0.4) is 0 Å². The molecule has 0 radical (unpaired) electrons. The number of fused-ring (bicyclic) bond motifs is 1. The summed E-state index contributed by atoms with van der Waals surface area (Å²) in [5.74, 6) is 0.629. The van der Waals surface area contributed by atoms with E-state index in [1.807, 2.05) is 0 Å². The molecule has 1 aromatic heterocycles. The molecule has 1 N–H and O–H groups in total. The third kappa shape index (κ3) is 2.50. The minimum atomic E-state index is -0.819. The van der Waals surface area contributed by atoms with Gasteiger partial charge in [0.2, 0.25) is 5.28 Å². The van der Waals surface area contributed by atoms with Crippen LogP contribution in [0.25, 0.3) is 0 Å². The average Bonchev–Trinajstić information content (AvgIpc) is 2.38. The van der Waals surface area contributed by atoms with E-state index in [0.29, 0.717) is 25.0 Å². The quantitative estimate of drug-likeness (QED) is 0.829. The van der Waals surface area contributed by atoms with Crippen molar-refractivity contribution in [3.63, 3.8) is 0 Å². The molecule has 0 unspecified atom stereocenters. The maximum absolute atomic E-state index is 11.0. The van der Waals surface area contributed by atoms with Crippen LogP contribution in [0.1, 0.15) is 12.0 Å². The third-order valence-corrected chi connectivity index (χ3v) is 4.18. The molecule has 2 atom stereocenters. The van der Waals surface area contributed by atoms with Crippen LogP contribution in [-0.2, 0) is 6.54 Å². The van der Waals surface area contributed by atoms with E-state index in [0.717, 1.165) is 25.1 Å². The van der Waals surface area contributed by atoms with Gasteiger partial charge in [0, 0.05) is 50.2 Å². The summed E-state index contributed by atoms with van der Waals surface area (Å²) in [4.78, 5) is 22.7. The summed E-state index contributed by atoms with van der Waals surface area (Å²) in [6, 6.07) is 0.334. The Hall–Kier alpha value is -1.40. The Morgan fingerprint density at radius 1 is 1.42 bits per heavy atom. The van der Waals surface area contributed by atoms with Gasteiger partial charge in [-0.05, 0) is 23.9 Å². The number of halogens is 1. The highest BCUT2D eigenvalue weighted by molar-refractivity contribution is 6.28. The Labute approximate surface area is 116 Å². The number of likely N-dealkylation sites (tertiary alicyclic amines) is 2. The van der Waals surface area contributed by atoms with Crippen molar-refractivity contribution < 1.29 is 9.90 Å². The van der Waals surface area contributed by atoms with E-state index in [1.165, 1.54) is 4.90 Å². The number of carboxylic acid groups (broad SMARTS) is 1. The van der Waals surface area contributed by atoms with E-state index in [2.05, 4.69) is 14.9 Å². The summed E-state index contributed by atoms with van der Waals surface area (Å²) >= 11 is 5.65. The van der Waals surface area contributed by atoms with Crippen LogP contribution in [0.15, 0.2) is 12.4 Å². The molecule has 0 saturated carbocycles. The highest BCUT2D eigenvalue weighted by Crippen LogP contribution is 2.33. The second-order valence-electron chi connectivity index (χ2n) is 5.13. The fourth-order valence-electron chi connectivity index (χ4n) is 2.92. The van der Waals surface area contributed by atoms with Gasteiger partial charge in [-0.2, -0.15) is 0 Å². The Morgan fingerprint density at radius 2 is 2.16 bits per heavy atom. The molecule has 102 valence electrons. The molecule has 2 aliphatic rings. The number of nitrogens with zero attached hydrogens (tertiary/aromatic N) is 4. The van der Waals surface area contributed by atoms with E-state index in [-0.39, 0.29) is 5.28 Å². The number of hydrogen-bond acceptors (Lipinski definition) is 4. The Balaban J connectivity index is 1.61. The Bertz CT molecular complexity index is 481. The van der Waals surface area contributed by atoms with Crippen molar-refractivity contribution in [3.8, 4) is 0 Å². The van der Waals surface area contributed by atoms with Crippen molar-refractivity contribution in [1.29, 1.82) is 0 Å². The fraction of sp³-hybridized carbons (Fsp3) is 0.583. The topological polar surface area (TPSA) is 69.6 Å². The van der Waals surface area contributed by atoms with E-state index in [9.17, 15) is 4.79 Å². The van der Waals surface area contributed by atoms with E-state index in [4.69, 9.17) is 16.7 Å². The number of amides is 1. The molecular formula is C12H15ClN4O2. The maximum Gasteiger partial charge on any atom is 0.407 e.